The maximum Gasteiger partial charge on any atom is 0.351 e. The van der Waals surface area contributed by atoms with E-state index in [9.17, 15) is 22.4 Å². The molecule has 4 nitrogen and oxygen atoms in total. The molecule has 0 bridgehead atoms. The van der Waals surface area contributed by atoms with Crippen molar-refractivity contribution in [3.05, 3.63) is 81.8 Å². The molecule has 2 heterocycles. The lowest BCUT2D eigenvalue weighted by Gasteiger charge is -2.12. The van der Waals surface area contributed by atoms with Gasteiger partial charge < -0.3 is 0 Å². The summed E-state index contributed by atoms with van der Waals surface area (Å²) >= 11 is 0. The highest BCUT2D eigenvalue weighted by Gasteiger charge is 2.37. The van der Waals surface area contributed by atoms with Crippen LogP contribution in [0.15, 0.2) is 47.3 Å². The zero-order chi connectivity index (χ0) is 17.7. The molecule has 0 N–H and O–H groups in total. The van der Waals surface area contributed by atoms with E-state index in [4.69, 9.17) is 0 Å². The van der Waals surface area contributed by atoms with Gasteiger partial charge >= 0.3 is 5.69 Å². The number of rotatable bonds is 2. The van der Waals surface area contributed by atoms with Gasteiger partial charge in [-0.3, -0.25) is 4.57 Å². The fraction of sp³-hybridized carbons (Fsp3) is 0.176. The van der Waals surface area contributed by atoms with Gasteiger partial charge in [0.15, 0.2) is 12.0 Å². The first-order chi connectivity index (χ1) is 11.9. The van der Waals surface area contributed by atoms with Gasteiger partial charge in [-0.15, -0.1) is 5.10 Å². The molecule has 128 valence electrons. The highest BCUT2D eigenvalue weighted by atomic mass is 19.1. The molecule has 8 heteroatoms. The third kappa shape index (κ3) is 2.54. The fourth-order valence-corrected chi connectivity index (χ4v) is 3.11. The smallest absolute Gasteiger partial charge is 0.268 e. The minimum Gasteiger partial charge on any atom is -0.268 e. The predicted octanol–water partition coefficient (Wildman–Crippen LogP) is 3.46. The fourth-order valence-electron chi connectivity index (χ4n) is 3.11. The Labute approximate surface area is 138 Å². The second-order valence-corrected chi connectivity index (χ2v) is 5.82. The first-order valence-electron chi connectivity index (χ1n) is 7.51. The Morgan fingerprint density at radius 1 is 0.960 bits per heavy atom. The second-order valence-electron chi connectivity index (χ2n) is 5.82. The van der Waals surface area contributed by atoms with Crippen LogP contribution in [0.2, 0.25) is 0 Å². The van der Waals surface area contributed by atoms with Gasteiger partial charge in [0.25, 0.3) is 0 Å². The molecule has 25 heavy (non-hydrogen) atoms. The number of nitrogens with zero attached hydrogens (tertiary/aromatic N) is 3. The van der Waals surface area contributed by atoms with E-state index in [0.717, 1.165) is 33.5 Å². The number of fused-ring (bicyclic) bond motifs is 1. The summed E-state index contributed by atoms with van der Waals surface area (Å²) in [5.74, 6) is -2.22. The molecular weight excluding hydrogens is 338 g/mol. The molecule has 0 saturated carbocycles. The molecule has 0 amide bonds. The summed E-state index contributed by atoms with van der Waals surface area (Å²) in [5, 5.41) is 3.97. The summed E-state index contributed by atoms with van der Waals surface area (Å²) < 4.78 is 56.4. The molecule has 0 saturated heterocycles. The predicted molar refractivity (Wildman–Crippen MR) is 80.7 cm³/mol. The average molecular weight is 349 g/mol. The zero-order valence-electron chi connectivity index (χ0n) is 12.7. The van der Waals surface area contributed by atoms with Crippen LogP contribution in [0.1, 0.15) is 30.0 Å². The standard InChI is InChI=1S/C17H11F4N3O/c18-10-1-3-13(4-2-10)24-17(25)23-15(8-14(21)16(23)22-24)9-5-11(19)7-12(20)6-9/h1-7,14-15H,8H2. The van der Waals surface area contributed by atoms with Gasteiger partial charge in [-0.25, -0.2) is 22.4 Å². The Bertz CT molecular complexity index is 989. The SMILES string of the molecule is O=c1n(-c2ccc(F)cc2)nc2n1C(c1cc(F)cc(F)c1)CC2F. The van der Waals surface area contributed by atoms with E-state index >= 15 is 0 Å². The zero-order valence-corrected chi connectivity index (χ0v) is 12.7. The molecule has 0 fully saturated rings. The quantitative estimate of drug-likeness (QED) is 0.665. The van der Waals surface area contributed by atoms with Crippen molar-refractivity contribution >= 4 is 0 Å². The van der Waals surface area contributed by atoms with Crippen LogP contribution in [-0.4, -0.2) is 14.3 Å². The molecule has 1 aliphatic heterocycles. The van der Waals surface area contributed by atoms with Gasteiger partial charge in [0.2, 0.25) is 0 Å². The maximum absolute atomic E-state index is 14.3. The van der Waals surface area contributed by atoms with Crippen LogP contribution in [0.3, 0.4) is 0 Å². The number of hydrogen-bond acceptors (Lipinski definition) is 2. The van der Waals surface area contributed by atoms with E-state index in [1.54, 1.807) is 0 Å². The van der Waals surface area contributed by atoms with Crippen molar-refractivity contribution in [2.45, 2.75) is 18.6 Å². The first-order valence-corrected chi connectivity index (χ1v) is 7.51. The normalized spacial score (nSPS) is 19.2. The molecule has 4 rings (SSSR count). The molecule has 1 aromatic heterocycles. The van der Waals surface area contributed by atoms with Crippen LogP contribution < -0.4 is 5.69 Å². The van der Waals surface area contributed by atoms with Crippen molar-refractivity contribution in [1.82, 2.24) is 14.3 Å². The number of alkyl halides is 1. The van der Waals surface area contributed by atoms with Crippen molar-refractivity contribution in [3.63, 3.8) is 0 Å². The van der Waals surface area contributed by atoms with Crippen LogP contribution >= 0.6 is 0 Å². The van der Waals surface area contributed by atoms with E-state index in [2.05, 4.69) is 5.10 Å². The monoisotopic (exact) mass is 349 g/mol. The number of aromatic nitrogens is 3. The van der Waals surface area contributed by atoms with Gasteiger partial charge in [-0.1, -0.05) is 0 Å². The van der Waals surface area contributed by atoms with Crippen molar-refractivity contribution < 1.29 is 17.6 Å². The Hall–Kier alpha value is -2.90. The molecule has 2 atom stereocenters. The van der Waals surface area contributed by atoms with Gasteiger partial charge in [0.05, 0.1) is 11.7 Å². The van der Waals surface area contributed by atoms with Crippen LogP contribution in [0.25, 0.3) is 5.69 Å². The van der Waals surface area contributed by atoms with Crippen molar-refractivity contribution in [2.75, 3.05) is 0 Å². The van der Waals surface area contributed by atoms with Crippen LogP contribution in [0.5, 0.6) is 0 Å². The Morgan fingerprint density at radius 3 is 2.24 bits per heavy atom. The van der Waals surface area contributed by atoms with Crippen LogP contribution in [-0.2, 0) is 0 Å². The number of halogens is 4. The van der Waals surface area contributed by atoms with Gasteiger partial charge in [-0.05, 0) is 42.0 Å². The third-order valence-electron chi connectivity index (χ3n) is 4.20. The minimum atomic E-state index is -1.55. The third-order valence-corrected chi connectivity index (χ3v) is 4.20. The maximum atomic E-state index is 14.3. The Balaban J connectivity index is 1.85. The summed E-state index contributed by atoms with van der Waals surface area (Å²) in [5.41, 5.74) is -0.235. The highest BCUT2D eigenvalue weighted by Crippen LogP contribution is 2.38. The van der Waals surface area contributed by atoms with E-state index < -0.39 is 35.4 Å². The Morgan fingerprint density at radius 2 is 1.60 bits per heavy atom. The lowest BCUT2D eigenvalue weighted by Crippen LogP contribution is -2.26. The summed E-state index contributed by atoms with van der Waals surface area (Å²) in [6, 6.07) is 6.95. The molecule has 2 unspecified atom stereocenters. The molecule has 0 aliphatic carbocycles. The van der Waals surface area contributed by atoms with E-state index in [-0.39, 0.29) is 23.5 Å². The summed E-state index contributed by atoms with van der Waals surface area (Å²) in [6.45, 7) is 0. The first kappa shape index (κ1) is 15.6. The topological polar surface area (TPSA) is 39.8 Å². The van der Waals surface area contributed by atoms with Crippen molar-refractivity contribution in [2.24, 2.45) is 0 Å². The average Bonchev–Trinajstić information content (AvgIpc) is 3.06. The van der Waals surface area contributed by atoms with Crippen molar-refractivity contribution in [3.8, 4) is 5.69 Å². The van der Waals surface area contributed by atoms with Gasteiger partial charge in [-0.2, -0.15) is 4.68 Å². The Kier molecular flexibility index (Phi) is 3.48. The second kappa shape index (κ2) is 5.58. The van der Waals surface area contributed by atoms with Crippen molar-refractivity contribution in [1.29, 1.82) is 0 Å². The van der Waals surface area contributed by atoms with Crippen LogP contribution in [0.4, 0.5) is 17.6 Å². The van der Waals surface area contributed by atoms with E-state index in [1.165, 1.54) is 12.1 Å². The number of hydrogen-bond donors (Lipinski definition) is 0. The van der Waals surface area contributed by atoms with Gasteiger partial charge in [0, 0.05) is 12.5 Å². The summed E-state index contributed by atoms with van der Waals surface area (Å²) in [4.78, 5) is 12.7. The van der Waals surface area contributed by atoms with Crippen LogP contribution in [0, 0.1) is 17.5 Å². The number of benzene rings is 2. The lowest BCUT2D eigenvalue weighted by molar-refractivity contribution is 0.325. The molecule has 2 aromatic carbocycles. The van der Waals surface area contributed by atoms with Gasteiger partial charge in [0.1, 0.15) is 17.5 Å². The minimum absolute atomic E-state index is 0.121. The van der Waals surface area contributed by atoms with E-state index in [0.29, 0.717) is 6.07 Å². The molecule has 1 aliphatic rings. The summed E-state index contributed by atoms with van der Waals surface area (Å²) in [6.07, 6.45) is -1.68. The highest BCUT2D eigenvalue weighted by molar-refractivity contribution is 5.32. The van der Waals surface area contributed by atoms with E-state index in [1.807, 2.05) is 0 Å². The summed E-state index contributed by atoms with van der Waals surface area (Å²) in [7, 11) is 0. The largest absolute Gasteiger partial charge is 0.351 e. The lowest BCUT2D eigenvalue weighted by atomic mass is 10.0. The molecular formula is C17H11F4N3O. The molecule has 0 radical (unpaired) electrons. The molecule has 0 spiro atoms. The molecule has 3 aromatic rings.